The molecule has 0 aliphatic heterocycles. The van der Waals surface area contributed by atoms with E-state index in [1.54, 1.807) is 0 Å². The molecule has 1 aromatic heterocycles. The molecule has 0 radical (unpaired) electrons. The third-order valence-electron chi connectivity index (χ3n) is 3.12. The Morgan fingerprint density at radius 3 is 2.42 bits per heavy atom. The summed E-state index contributed by atoms with van der Waals surface area (Å²) in [5.74, 6) is -0.182. The summed E-state index contributed by atoms with van der Waals surface area (Å²) in [7, 11) is 0. The van der Waals surface area contributed by atoms with Crippen LogP contribution in [0.5, 0.6) is 0 Å². The van der Waals surface area contributed by atoms with Gasteiger partial charge in [0, 0.05) is 9.75 Å². The van der Waals surface area contributed by atoms with Crippen LogP contribution in [0.25, 0.3) is 0 Å². The zero-order chi connectivity index (χ0) is 13.7. The Morgan fingerprint density at radius 2 is 1.84 bits per heavy atom. The summed E-state index contributed by atoms with van der Waals surface area (Å²) in [5.41, 5.74) is 1.12. The van der Waals surface area contributed by atoms with Crippen molar-refractivity contribution in [2.45, 2.75) is 32.7 Å². The van der Waals surface area contributed by atoms with Crippen LogP contribution in [-0.2, 0) is 6.42 Å². The molecular formula is C16H20FNS. The van der Waals surface area contributed by atoms with Gasteiger partial charge < -0.3 is 5.32 Å². The van der Waals surface area contributed by atoms with Gasteiger partial charge in [0.05, 0.1) is 6.04 Å². The van der Waals surface area contributed by atoms with Crippen molar-refractivity contribution in [2.24, 2.45) is 0 Å². The van der Waals surface area contributed by atoms with Gasteiger partial charge in [0.2, 0.25) is 0 Å². The van der Waals surface area contributed by atoms with Crippen molar-refractivity contribution in [1.82, 2.24) is 5.32 Å². The minimum absolute atomic E-state index is 0.172. The van der Waals surface area contributed by atoms with E-state index in [1.807, 2.05) is 23.5 Å². The van der Waals surface area contributed by atoms with E-state index in [9.17, 15) is 4.39 Å². The lowest BCUT2D eigenvalue weighted by Gasteiger charge is -2.17. The largest absolute Gasteiger partial charge is 0.306 e. The summed E-state index contributed by atoms with van der Waals surface area (Å²) >= 11 is 1.83. The quantitative estimate of drug-likeness (QED) is 0.817. The van der Waals surface area contributed by atoms with Crippen LogP contribution in [-0.4, -0.2) is 6.54 Å². The third-order valence-corrected chi connectivity index (χ3v) is 4.41. The molecule has 0 saturated heterocycles. The van der Waals surface area contributed by atoms with Crippen molar-refractivity contribution >= 4 is 11.3 Å². The van der Waals surface area contributed by atoms with Crippen molar-refractivity contribution in [1.29, 1.82) is 0 Å². The van der Waals surface area contributed by atoms with Gasteiger partial charge in [-0.2, -0.15) is 0 Å². The average molecular weight is 277 g/mol. The van der Waals surface area contributed by atoms with Gasteiger partial charge in [0.15, 0.2) is 0 Å². The van der Waals surface area contributed by atoms with Crippen LogP contribution in [0, 0.1) is 5.82 Å². The van der Waals surface area contributed by atoms with E-state index in [4.69, 9.17) is 0 Å². The lowest BCUT2D eigenvalue weighted by Crippen LogP contribution is -2.22. The second-order valence-electron chi connectivity index (χ2n) is 4.60. The van der Waals surface area contributed by atoms with Gasteiger partial charge in [-0.25, -0.2) is 4.39 Å². The number of thiophene rings is 1. The molecule has 0 spiro atoms. The Morgan fingerprint density at radius 1 is 1.11 bits per heavy atom. The van der Waals surface area contributed by atoms with E-state index in [2.05, 4.69) is 31.3 Å². The van der Waals surface area contributed by atoms with Crippen LogP contribution in [0.4, 0.5) is 4.39 Å². The molecule has 1 nitrogen and oxygen atoms in total. The molecule has 0 saturated carbocycles. The van der Waals surface area contributed by atoms with Crippen LogP contribution in [0.2, 0.25) is 0 Å². The molecule has 0 aliphatic carbocycles. The number of hydrogen-bond donors (Lipinski definition) is 1. The molecule has 1 unspecified atom stereocenters. The predicted octanol–water partition coefficient (Wildman–Crippen LogP) is 4.54. The van der Waals surface area contributed by atoms with E-state index >= 15 is 0 Å². The van der Waals surface area contributed by atoms with E-state index < -0.39 is 0 Å². The zero-order valence-electron chi connectivity index (χ0n) is 11.4. The van der Waals surface area contributed by atoms with Crippen LogP contribution < -0.4 is 5.32 Å². The summed E-state index contributed by atoms with van der Waals surface area (Å²) in [6.45, 7) is 5.28. The molecule has 2 rings (SSSR count). The number of hydrogen-bond acceptors (Lipinski definition) is 2. The molecule has 1 atom stereocenters. The molecule has 1 heterocycles. The lowest BCUT2D eigenvalue weighted by molar-refractivity contribution is 0.599. The molecule has 2 aromatic rings. The standard InChI is InChI=1S/C16H20FNS/c1-3-11-18-16(12-5-7-13(17)8-6-12)15-10-9-14(4-2)19-15/h5-10,16,18H,3-4,11H2,1-2H3. The van der Waals surface area contributed by atoms with E-state index in [0.29, 0.717) is 0 Å². The van der Waals surface area contributed by atoms with E-state index in [1.165, 1.54) is 21.9 Å². The van der Waals surface area contributed by atoms with Crippen molar-refractivity contribution in [3.8, 4) is 0 Å². The van der Waals surface area contributed by atoms with Crippen LogP contribution in [0.3, 0.4) is 0 Å². The van der Waals surface area contributed by atoms with E-state index in [-0.39, 0.29) is 11.9 Å². The number of nitrogens with one attached hydrogen (secondary N) is 1. The summed E-state index contributed by atoms with van der Waals surface area (Å²) < 4.78 is 13.0. The average Bonchev–Trinajstić information content (AvgIpc) is 2.90. The Balaban J connectivity index is 2.26. The fourth-order valence-corrected chi connectivity index (χ4v) is 3.12. The molecule has 1 aromatic carbocycles. The van der Waals surface area contributed by atoms with Gasteiger partial charge in [-0.1, -0.05) is 26.0 Å². The second-order valence-corrected chi connectivity index (χ2v) is 5.80. The van der Waals surface area contributed by atoms with Crippen LogP contribution >= 0.6 is 11.3 Å². The molecule has 0 amide bonds. The lowest BCUT2D eigenvalue weighted by atomic mass is 10.1. The third kappa shape index (κ3) is 3.64. The molecule has 0 fully saturated rings. The predicted molar refractivity (Wildman–Crippen MR) is 80.2 cm³/mol. The first kappa shape index (κ1) is 14.2. The van der Waals surface area contributed by atoms with Gasteiger partial charge in [-0.3, -0.25) is 0 Å². The van der Waals surface area contributed by atoms with Crippen LogP contribution in [0.15, 0.2) is 36.4 Å². The highest BCUT2D eigenvalue weighted by Gasteiger charge is 2.15. The fraction of sp³-hybridized carbons (Fsp3) is 0.375. The molecule has 0 aliphatic rings. The number of halogens is 1. The van der Waals surface area contributed by atoms with Gasteiger partial charge in [0.1, 0.15) is 5.82 Å². The monoisotopic (exact) mass is 277 g/mol. The number of aryl methyl sites for hydroxylation is 1. The first-order valence-corrected chi connectivity index (χ1v) is 7.63. The fourth-order valence-electron chi connectivity index (χ4n) is 2.07. The summed E-state index contributed by atoms with van der Waals surface area (Å²) in [5, 5.41) is 3.55. The van der Waals surface area contributed by atoms with Crippen molar-refractivity contribution in [2.75, 3.05) is 6.54 Å². The highest BCUT2D eigenvalue weighted by molar-refractivity contribution is 7.12. The van der Waals surface area contributed by atoms with Gasteiger partial charge in [0.25, 0.3) is 0 Å². The second kappa shape index (κ2) is 6.83. The first-order valence-electron chi connectivity index (χ1n) is 6.82. The minimum atomic E-state index is -0.182. The van der Waals surface area contributed by atoms with Crippen LogP contribution in [0.1, 0.15) is 41.6 Å². The Labute approximate surface area is 118 Å². The number of rotatable bonds is 6. The topological polar surface area (TPSA) is 12.0 Å². The molecular weight excluding hydrogens is 257 g/mol. The maximum absolute atomic E-state index is 13.0. The normalized spacial score (nSPS) is 12.6. The zero-order valence-corrected chi connectivity index (χ0v) is 12.3. The Kier molecular flexibility index (Phi) is 5.11. The Hall–Kier alpha value is -1.19. The van der Waals surface area contributed by atoms with Gasteiger partial charge in [-0.05, 0) is 49.2 Å². The molecule has 0 bridgehead atoms. The smallest absolute Gasteiger partial charge is 0.123 e. The highest BCUT2D eigenvalue weighted by atomic mass is 32.1. The van der Waals surface area contributed by atoms with Gasteiger partial charge >= 0.3 is 0 Å². The molecule has 102 valence electrons. The SMILES string of the molecule is CCCNC(c1ccc(F)cc1)c1ccc(CC)s1. The summed E-state index contributed by atoms with van der Waals surface area (Å²) in [6.07, 6.45) is 2.15. The Bertz CT molecular complexity index is 504. The minimum Gasteiger partial charge on any atom is -0.306 e. The first-order chi connectivity index (χ1) is 9.24. The highest BCUT2D eigenvalue weighted by Crippen LogP contribution is 2.29. The molecule has 1 N–H and O–H groups in total. The number of benzene rings is 1. The molecule has 19 heavy (non-hydrogen) atoms. The van der Waals surface area contributed by atoms with E-state index in [0.717, 1.165) is 24.9 Å². The summed E-state index contributed by atoms with van der Waals surface area (Å²) in [6, 6.07) is 11.3. The molecule has 3 heteroatoms. The van der Waals surface area contributed by atoms with Crippen molar-refractivity contribution in [3.05, 3.63) is 57.5 Å². The van der Waals surface area contributed by atoms with Crippen molar-refractivity contribution < 1.29 is 4.39 Å². The summed E-state index contributed by atoms with van der Waals surface area (Å²) in [4.78, 5) is 2.69. The maximum Gasteiger partial charge on any atom is 0.123 e. The van der Waals surface area contributed by atoms with Crippen molar-refractivity contribution in [3.63, 3.8) is 0 Å². The maximum atomic E-state index is 13.0. The van der Waals surface area contributed by atoms with Gasteiger partial charge in [-0.15, -0.1) is 11.3 Å².